The Morgan fingerprint density at radius 1 is 1.21 bits per heavy atom. The molecule has 10 heteroatoms. The van der Waals surface area contributed by atoms with Gasteiger partial charge in [0.1, 0.15) is 17.3 Å². The van der Waals surface area contributed by atoms with Crippen molar-refractivity contribution in [2.75, 3.05) is 23.8 Å². The Bertz CT molecular complexity index is 1160. The van der Waals surface area contributed by atoms with Crippen LogP contribution in [0.5, 0.6) is 5.75 Å². The first-order valence-electron chi connectivity index (χ1n) is 11.3. The highest BCUT2D eigenvalue weighted by Gasteiger charge is 2.21. The molecule has 2 aromatic heterocycles. The van der Waals surface area contributed by atoms with Crippen molar-refractivity contribution >= 4 is 11.5 Å². The maximum absolute atomic E-state index is 12.7. The summed E-state index contributed by atoms with van der Waals surface area (Å²) in [5.41, 5.74) is 6.31. The number of hydrogen-bond donors (Lipinski definition) is 2. The first kappa shape index (κ1) is 24.1. The predicted molar refractivity (Wildman–Crippen MR) is 127 cm³/mol. The normalized spacial score (nSPS) is 11.2. The summed E-state index contributed by atoms with van der Waals surface area (Å²) in [5.74, 6) is 1.87. The molecule has 0 atom stereocenters. The molecular formula is C23H32N6O4. The minimum absolute atomic E-state index is 0.139. The maximum Gasteiger partial charge on any atom is 0.330 e. The smallest absolute Gasteiger partial charge is 0.330 e. The summed E-state index contributed by atoms with van der Waals surface area (Å²) in [4.78, 5) is 33.7. The third-order valence-corrected chi connectivity index (χ3v) is 5.08. The molecule has 3 rings (SSSR count). The predicted octanol–water partition coefficient (Wildman–Crippen LogP) is 3.03. The lowest BCUT2D eigenvalue weighted by molar-refractivity contribution is 0.340. The Morgan fingerprint density at radius 2 is 1.94 bits per heavy atom. The minimum atomic E-state index is -0.528. The van der Waals surface area contributed by atoms with Crippen LogP contribution in [-0.4, -0.2) is 32.8 Å². The van der Waals surface area contributed by atoms with E-state index in [0.29, 0.717) is 31.4 Å². The molecule has 10 nitrogen and oxygen atoms in total. The van der Waals surface area contributed by atoms with E-state index in [2.05, 4.69) is 22.0 Å². The molecule has 2 heterocycles. The number of nitrogens with zero attached hydrogens (tertiary/aromatic N) is 4. The van der Waals surface area contributed by atoms with Crippen LogP contribution in [0.3, 0.4) is 0 Å². The van der Waals surface area contributed by atoms with Gasteiger partial charge in [0, 0.05) is 18.7 Å². The summed E-state index contributed by atoms with van der Waals surface area (Å²) >= 11 is 0. The Kier molecular flexibility index (Phi) is 7.92. The van der Waals surface area contributed by atoms with Crippen LogP contribution in [0, 0.1) is 5.92 Å². The van der Waals surface area contributed by atoms with Crippen molar-refractivity contribution < 1.29 is 9.26 Å². The number of H-pyrrole nitrogens is 1. The number of anilines is 2. The fourth-order valence-electron chi connectivity index (χ4n) is 3.51. The second-order valence-corrected chi connectivity index (χ2v) is 8.24. The molecule has 178 valence electrons. The van der Waals surface area contributed by atoms with Crippen molar-refractivity contribution in [3.05, 3.63) is 51.0 Å². The van der Waals surface area contributed by atoms with Crippen molar-refractivity contribution in [2.45, 2.75) is 53.6 Å². The van der Waals surface area contributed by atoms with Crippen molar-refractivity contribution in [3.63, 3.8) is 0 Å². The van der Waals surface area contributed by atoms with E-state index in [-0.39, 0.29) is 24.0 Å². The number of rotatable bonds is 11. The van der Waals surface area contributed by atoms with E-state index in [1.54, 1.807) is 4.90 Å². The highest BCUT2D eigenvalue weighted by molar-refractivity contribution is 5.62. The van der Waals surface area contributed by atoms with Crippen LogP contribution in [0.2, 0.25) is 0 Å². The first-order chi connectivity index (χ1) is 15.8. The van der Waals surface area contributed by atoms with Gasteiger partial charge in [-0.15, -0.1) is 0 Å². The summed E-state index contributed by atoms with van der Waals surface area (Å²) in [6.07, 6.45) is 1.74. The van der Waals surface area contributed by atoms with Crippen molar-refractivity contribution in [1.82, 2.24) is 19.7 Å². The van der Waals surface area contributed by atoms with Crippen molar-refractivity contribution in [1.29, 1.82) is 0 Å². The number of ether oxygens (including phenoxy) is 1. The molecule has 3 aromatic rings. The fourth-order valence-corrected chi connectivity index (χ4v) is 3.51. The van der Waals surface area contributed by atoms with Crippen molar-refractivity contribution in [3.8, 4) is 17.1 Å². The molecule has 0 unspecified atom stereocenters. The largest absolute Gasteiger partial charge is 0.494 e. The lowest BCUT2D eigenvalue weighted by Gasteiger charge is -2.25. The zero-order valence-corrected chi connectivity index (χ0v) is 19.6. The van der Waals surface area contributed by atoms with Gasteiger partial charge < -0.3 is 19.9 Å². The number of aromatic nitrogens is 4. The van der Waals surface area contributed by atoms with Crippen LogP contribution in [0.15, 0.2) is 38.4 Å². The van der Waals surface area contributed by atoms with Crippen LogP contribution in [-0.2, 0) is 13.1 Å². The summed E-state index contributed by atoms with van der Waals surface area (Å²) in [6, 6.07) is 7.42. The molecule has 0 fully saturated rings. The van der Waals surface area contributed by atoms with Crippen LogP contribution >= 0.6 is 0 Å². The summed E-state index contributed by atoms with van der Waals surface area (Å²) in [6.45, 7) is 9.67. The molecule has 3 N–H and O–H groups in total. The Labute approximate surface area is 192 Å². The van der Waals surface area contributed by atoms with Gasteiger partial charge in [0.05, 0.1) is 13.2 Å². The number of nitrogen functional groups attached to an aromatic ring is 1. The van der Waals surface area contributed by atoms with Gasteiger partial charge >= 0.3 is 5.69 Å². The lowest BCUT2D eigenvalue weighted by Crippen LogP contribution is -2.39. The number of nitrogens with two attached hydrogens (primary N) is 1. The number of hydrogen-bond acceptors (Lipinski definition) is 8. The van der Waals surface area contributed by atoms with Gasteiger partial charge in [-0.05, 0) is 43.5 Å². The van der Waals surface area contributed by atoms with Gasteiger partial charge in [-0.3, -0.25) is 14.3 Å². The molecular weight excluding hydrogens is 424 g/mol. The highest BCUT2D eigenvalue weighted by atomic mass is 16.5. The molecule has 0 amide bonds. The van der Waals surface area contributed by atoms with Gasteiger partial charge in [0.25, 0.3) is 5.56 Å². The monoisotopic (exact) mass is 456 g/mol. The Morgan fingerprint density at radius 3 is 2.58 bits per heavy atom. The van der Waals surface area contributed by atoms with Crippen LogP contribution in [0.4, 0.5) is 11.5 Å². The van der Waals surface area contributed by atoms with E-state index in [4.69, 9.17) is 15.0 Å². The quantitative estimate of drug-likeness (QED) is 0.450. The second kappa shape index (κ2) is 10.8. The summed E-state index contributed by atoms with van der Waals surface area (Å²) in [7, 11) is 0. The number of unbranched alkanes of at least 4 members (excludes halogenated alkanes) is 1. The van der Waals surface area contributed by atoms with E-state index in [9.17, 15) is 9.59 Å². The molecule has 1 aromatic carbocycles. The molecule has 0 aliphatic rings. The lowest BCUT2D eigenvalue weighted by atomic mass is 10.2. The zero-order chi connectivity index (χ0) is 24.0. The molecule has 0 bridgehead atoms. The average molecular weight is 457 g/mol. The average Bonchev–Trinajstić information content (AvgIpc) is 3.24. The molecule has 0 spiro atoms. The molecule has 0 aliphatic carbocycles. The third-order valence-electron chi connectivity index (χ3n) is 5.08. The maximum atomic E-state index is 12.7. The zero-order valence-electron chi connectivity index (χ0n) is 19.6. The summed E-state index contributed by atoms with van der Waals surface area (Å²) in [5, 5.41) is 4.08. The van der Waals surface area contributed by atoms with E-state index < -0.39 is 11.2 Å². The first-order valence-corrected chi connectivity index (χ1v) is 11.3. The standard InChI is InChI=1S/C23H32N6O4/c1-5-7-12-28(19-20(24)29(13-15(3)4)23(31)26-22(19)30)14-18-25-21(27-33-18)16-8-10-17(11-9-16)32-6-2/h8-11,15H,5-7,12-14,24H2,1-4H3,(H,26,30,31). The minimum Gasteiger partial charge on any atom is -0.494 e. The molecule has 0 aliphatic heterocycles. The molecule has 0 radical (unpaired) electrons. The van der Waals surface area contributed by atoms with E-state index in [1.807, 2.05) is 45.0 Å². The molecule has 0 saturated carbocycles. The number of aromatic amines is 1. The van der Waals surface area contributed by atoms with E-state index >= 15 is 0 Å². The fraction of sp³-hybridized carbons (Fsp3) is 0.478. The van der Waals surface area contributed by atoms with E-state index in [1.165, 1.54) is 4.57 Å². The number of benzene rings is 1. The Balaban J connectivity index is 1.91. The Hall–Kier alpha value is -3.56. The summed E-state index contributed by atoms with van der Waals surface area (Å²) < 4.78 is 12.3. The topological polar surface area (TPSA) is 132 Å². The molecule has 33 heavy (non-hydrogen) atoms. The van der Waals surface area contributed by atoms with Gasteiger partial charge in [-0.1, -0.05) is 32.3 Å². The number of nitrogens with one attached hydrogen (secondary N) is 1. The van der Waals surface area contributed by atoms with Gasteiger partial charge in [-0.25, -0.2) is 4.79 Å². The van der Waals surface area contributed by atoms with Crippen molar-refractivity contribution in [2.24, 2.45) is 5.92 Å². The van der Waals surface area contributed by atoms with E-state index in [0.717, 1.165) is 24.2 Å². The van der Waals surface area contributed by atoms with Crippen LogP contribution in [0.25, 0.3) is 11.4 Å². The highest BCUT2D eigenvalue weighted by Crippen LogP contribution is 2.23. The van der Waals surface area contributed by atoms with Gasteiger partial charge in [0.15, 0.2) is 0 Å². The second-order valence-electron chi connectivity index (χ2n) is 8.24. The van der Waals surface area contributed by atoms with Gasteiger partial charge in [-0.2, -0.15) is 4.98 Å². The molecule has 0 saturated heterocycles. The van der Waals surface area contributed by atoms with Crippen LogP contribution < -0.4 is 26.6 Å². The SMILES string of the molecule is CCCCN(Cc1nc(-c2ccc(OCC)cc2)no1)c1c(N)n(CC(C)C)c(=O)[nH]c1=O. The van der Waals surface area contributed by atoms with Crippen LogP contribution in [0.1, 0.15) is 46.4 Å². The third kappa shape index (κ3) is 5.82. The van der Waals surface area contributed by atoms with Gasteiger partial charge in [0.2, 0.25) is 11.7 Å².